The minimum Gasteiger partial charge on any atom is -0.396 e. The maximum Gasteiger partial charge on any atom is 0.225 e. The summed E-state index contributed by atoms with van der Waals surface area (Å²) in [5, 5.41) is 8.70. The number of carbonyl (C=O) groups excluding carboxylic acids is 2. The Morgan fingerprint density at radius 2 is 1.84 bits per heavy atom. The predicted octanol–water partition coefficient (Wildman–Crippen LogP) is 0.866. The molecule has 0 bridgehead atoms. The van der Waals surface area contributed by atoms with Crippen LogP contribution in [0.5, 0.6) is 0 Å². The Hall–Kier alpha value is -1.10. The molecule has 19 heavy (non-hydrogen) atoms. The summed E-state index contributed by atoms with van der Waals surface area (Å²) in [6.07, 6.45) is 4.25. The summed E-state index contributed by atoms with van der Waals surface area (Å²) >= 11 is 0. The fraction of sp³-hybridized carbons (Fsp3) is 0.857. The maximum absolute atomic E-state index is 12.2. The second-order valence-corrected chi connectivity index (χ2v) is 5.32. The number of aliphatic hydroxyl groups is 1. The van der Waals surface area contributed by atoms with Crippen LogP contribution in [-0.2, 0) is 9.59 Å². The number of aliphatic hydroxyl groups excluding tert-OH is 1. The minimum absolute atomic E-state index is 0.0680. The highest BCUT2D eigenvalue weighted by Crippen LogP contribution is 2.19. The molecule has 1 fully saturated rings. The van der Waals surface area contributed by atoms with Gasteiger partial charge in [0.25, 0.3) is 0 Å². The first-order chi connectivity index (χ1) is 9.06. The molecule has 2 amide bonds. The SMILES string of the molecule is CC(=O)N1CCC(C(=O)N(C)CCCCCO)CC1. The number of nitrogens with zero attached hydrogens (tertiary/aromatic N) is 2. The average molecular weight is 270 g/mol. The maximum atomic E-state index is 12.2. The van der Waals surface area contributed by atoms with Crippen molar-refractivity contribution in [3.05, 3.63) is 0 Å². The number of hydrogen-bond acceptors (Lipinski definition) is 3. The summed E-state index contributed by atoms with van der Waals surface area (Å²) in [6.45, 7) is 3.95. The van der Waals surface area contributed by atoms with Gasteiger partial charge in [0.1, 0.15) is 0 Å². The van der Waals surface area contributed by atoms with Crippen molar-refractivity contribution >= 4 is 11.8 Å². The fourth-order valence-corrected chi connectivity index (χ4v) is 2.50. The Bertz CT molecular complexity index is 299. The third-order valence-corrected chi connectivity index (χ3v) is 3.82. The molecule has 110 valence electrons. The number of likely N-dealkylation sites (tertiary alicyclic amines) is 1. The zero-order valence-electron chi connectivity index (χ0n) is 12.1. The lowest BCUT2D eigenvalue weighted by atomic mass is 9.95. The summed E-state index contributed by atoms with van der Waals surface area (Å²) < 4.78 is 0. The fourth-order valence-electron chi connectivity index (χ4n) is 2.50. The summed E-state index contributed by atoms with van der Waals surface area (Å²) in [4.78, 5) is 27.0. The molecule has 0 aromatic heterocycles. The molecule has 5 heteroatoms. The topological polar surface area (TPSA) is 60.9 Å². The van der Waals surface area contributed by atoms with E-state index in [0.29, 0.717) is 13.1 Å². The lowest BCUT2D eigenvalue weighted by molar-refractivity contribution is -0.139. The van der Waals surface area contributed by atoms with Crippen LogP contribution in [0.4, 0.5) is 0 Å². The van der Waals surface area contributed by atoms with Crippen LogP contribution in [-0.4, -0.2) is 60.0 Å². The number of unbranched alkanes of at least 4 members (excludes halogenated alkanes) is 2. The van der Waals surface area contributed by atoms with E-state index in [1.165, 1.54) is 0 Å². The Balaban J connectivity index is 2.27. The van der Waals surface area contributed by atoms with E-state index < -0.39 is 0 Å². The molecule has 0 spiro atoms. The van der Waals surface area contributed by atoms with E-state index in [1.54, 1.807) is 11.8 Å². The molecule has 0 aromatic rings. The Morgan fingerprint density at radius 3 is 2.37 bits per heavy atom. The number of hydrogen-bond donors (Lipinski definition) is 1. The molecule has 0 aliphatic carbocycles. The smallest absolute Gasteiger partial charge is 0.225 e. The highest BCUT2D eigenvalue weighted by atomic mass is 16.3. The van der Waals surface area contributed by atoms with Gasteiger partial charge in [0, 0.05) is 46.1 Å². The van der Waals surface area contributed by atoms with Crippen molar-refractivity contribution in [3.63, 3.8) is 0 Å². The molecule has 0 unspecified atom stereocenters. The lowest BCUT2D eigenvalue weighted by Crippen LogP contribution is -2.43. The summed E-state index contributed by atoms with van der Waals surface area (Å²) in [5.74, 6) is 0.369. The van der Waals surface area contributed by atoms with Crippen LogP contribution in [0.1, 0.15) is 39.0 Å². The van der Waals surface area contributed by atoms with Crippen LogP contribution in [0, 0.1) is 5.92 Å². The summed E-state index contributed by atoms with van der Waals surface area (Å²) in [7, 11) is 1.85. The van der Waals surface area contributed by atoms with E-state index in [1.807, 2.05) is 11.9 Å². The molecule has 1 heterocycles. The molecule has 0 radical (unpaired) electrons. The standard InChI is InChI=1S/C14H26N2O3/c1-12(18)16-9-6-13(7-10-16)14(19)15(2)8-4-3-5-11-17/h13,17H,3-11H2,1-2H3. The monoisotopic (exact) mass is 270 g/mol. The van der Waals surface area contributed by atoms with Crippen molar-refractivity contribution in [1.29, 1.82) is 0 Å². The third-order valence-electron chi connectivity index (χ3n) is 3.82. The van der Waals surface area contributed by atoms with Crippen molar-refractivity contribution < 1.29 is 14.7 Å². The van der Waals surface area contributed by atoms with E-state index in [4.69, 9.17) is 5.11 Å². The van der Waals surface area contributed by atoms with Crippen molar-refractivity contribution in [2.45, 2.75) is 39.0 Å². The Labute approximate surface area is 115 Å². The molecule has 1 aliphatic rings. The molecular formula is C14H26N2O3. The van der Waals surface area contributed by atoms with E-state index in [0.717, 1.165) is 38.6 Å². The first-order valence-electron chi connectivity index (χ1n) is 7.17. The van der Waals surface area contributed by atoms with Crippen LogP contribution in [0.2, 0.25) is 0 Å². The van der Waals surface area contributed by atoms with Gasteiger partial charge in [-0.1, -0.05) is 0 Å². The predicted molar refractivity (Wildman–Crippen MR) is 73.6 cm³/mol. The van der Waals surface area contributed by atoms with E-state index in [2.05, 4.69) is 0 Å². The van der Waals surface area contributed by atoms with Gasteiger partial charge in [-0.15, -0.1) is 0 Å². The van der Waals surface area contributed by atoms with E-state index >= 15 is 0 Å². The molecule has 1 N–H and O–H groups in total. The van der Waals surface area contributed by atoms with Crippen molar-refractivity contribution in [2.75, 3.05) is 33.3 Å². The average Bonchev–Trinajstić information content (AvgIpc) is 2.42. The van der Waals surface area contributed by atoms with Gasteiger partial charge in [0.2, 0.25) is 11.8 Å². The van der Waals surface area contributed by atoms with Crippen LogP contribution in [0.25, 0.3) is 0 Å². The summed E-state index contributed by atoms with van der Waals surface area (Å²) in [6, 6.07) is 0. The largest absolute Gasteiger partial charge is 0.396 e. The normalized spacial score (nSPS) is 16.5. The van der Waals surface area contributed by atoms with Gasteiger partial charge in [-0.25, -0.2) is 0 Å². The Morgan fingerprint density at radius 1 is 1.21 bits per heavy atom. The van der Waals surface area contributed by atoms with Crippen LogP contribution in [0.15, 0.2) is 0 Å². The van der Waals surface area contributed by atoms with E-state index in [-0.39, 0.29) is 24.3 Å². The van der Waals surface area contributed by atoms with Crippen LogP contribution >= 0.6 is 0 Å². The number of carbonyl (C=O) groups is 2. The highest BCUT2D eigenvalue weighted by molar-refractivity contribution is 5.79. The van der Waals surface area contributed by atoms with Crippen molar-refractivity contribution in [2.24, 2.45) is 5.92 Å². The molecule has 0 aromatic carbocycles. The van der Waals surface area contributed by atoms with Gasteiger partial charge in [0.05, 0.1) is 0 Å². The van der Waals surface area contributed by atoms with Gasteiger partial charge < -0.3 is 14.9 Å². The second-order valence-electron chi connectivity index (χ2n) is 5.32. The molecule has 1 aliphatic heterocycles. The molecule has 1 saturated heterocycles. The molecule has 5 nitrogen and oxygen atoms in total. The highest BCUT2D eigenvalue weighted by Gasteiger charge is 2.27. The quantitative estimate of drug-likeness (QED) is 0.728. The second kappa shape index (κ2) is 8.15. The molecule has 0 saturated carbocycles. The zero-order chi connectivity index (χ0) is 14.3. The van der Waals surface area contributed by atoms with Gasteiger partial charge in [-0.2, -0.15) is 0 Å². The van der Waals surface area contributed by atoms with Crippen LogP contribution < -0.4 is 0 Å². The third kappa shape index (κ3) is 5.19. The van der Waals surface area contributed by atoms with Gasteiger partial charge in [-0.3, -0.25) is 9.59 Å². The van der Waals surface area contributed by atoms with Crippen molar-refractivity contribution in [3.8, 4) is 0 Å². The number of piperidine rings is 1. The zero-order valence-corrected chi connectivity index (χ0v) is 12.1. The summed E-state index contributed by atoms with van der Waals surface area (Å²) in [5.41, 5.74) is 0. The van der Waals surface area contributed by atoms with Crippen LogP contribution in [0.3, 0.4) is 0 Å². The minimum atomic E-state index is 0.0680. The van der Waals surface area contributed by atoms with Crippen molar-refractivity contribution in [1.82, 2.24) is 9.80 Å². The molecule has 0 atom stereocenters. The molecular weight excluding hydrogens is 244 g/mol. The number of rotatable bonds is 6. The molecule has 1 rings (SSSR count). The Kier molecular flexibility index (Phi) is 6.84. The van der Waals surface area contributed by atoms with Gasteiger partial charge >= 0.3 is 0 Å². The lowest BCUT2D eigenvalue weighted by Gasteiger charge is -2.32. The van der Waals surface area contributed by atoms with E-state index in [9.17, 15) is 9.59 Å². The number of amides is 2. The van der Waals surface area contributed by atoms with Gasteiger partial charge in [0.15, 0.2) is 0 Å². The first-order valence-corrected chi connectivity index (χ1v) is 7.17. The van der Waals surface area contributed by atoms with Gasteiger partial charge in [-0.05, 0) is 32.1 Å². The first kappa shape index (κ1) is 16.0.